The molecule has 3 atom stereocenters. The van der Waals surface area contributed by atoms with Gasteiger partial charge in [-0.3, -0.25) is 4.79 Å². The lowest BCUT2D eigenvalue weighted by molar-refractivity contribution is -0.132. The van der Waals surface area contributed by atoms with Gasteiger partial charge in [0.25, 0.3) is 0 Å². The predicted octanol–water partition coefficient (Wildman–Crippen LogP) is 3.53. The molecule has 134 valence electrons. The molecule has 0 amide bonds. The minimum absolute atomic E-state index is 0.129. The van der Waals surface area contributed by atoms with Gasteiger partial charge in [-0.15, -0.1) is 0 Å². The molecule has 4 heteroatoms. The molecule has 5 rings (SSSR count). The van der Waals surface area contributed by atoms with Crippen LogP contribution in [0.15, 0.2) is 18.2 Å². The second-order valence-corrected chi connectivity index (χ2v) is 8.45. The highest BCUT2D eigenvalue weighted by Gasteiger charge is 2.57. The summed E-state index contributed by atoms with van der Waals surface area (Å²) in [5.74, 6) is 2.78. The van der Waals surface area contributed by atoms with Crippen molar-refractivity contribution in [2.75, 3.05) is 19.6 Å². The van der Waals surface area contributed by atoms with Gasteiger partial charge in [-0.05, 0) is 63.0 Å². The lowest BCUT2D eigenvalue weighted by Gasteiger charge is -2.51. The predicted molar refractivity (Wildman–Crippen MR) is 95.0 cm³/mol. The summed E-state index contributed by atoms with van der Waals surface area (Å²) >= 11 is 0. The molecule has 1 aromatic rings. The standard InChI is InChI=1S/C21H27NO3/c1-14(23)24-18-6-3-5-17-20(18)25-19-7-2-4-16-13-22(12-15-8-9-15)11-10-21(16,17)19/h3,5-6,15-16,19H,2,4,7-13H2,1H3. The molecule has 25 heavy (non-hydrogen) atoms. The Hall–Kier alpha value is -1.55. The largest absolute Gasteiger partial charge is 0.485 e. The Bertz CT molecular complexity index is 698. The van der Waals surface area contributed by atoms with Crippen molar-refractivity contribution in [1.29, 1.82) is 0 Å². The Morgan fingerprint density at radius 2 is 2.20 bits per heavy atom. The SMILES string of the molecule is CC(=O)Oc1cccc2c1OC1CCCC3CN(CC4CC4)CCC231. The highest BCUT2D eigenvalue weighted by molar-refractivity contribution is 5.71. The maximum absolute atomic E-state index is 11.5. The van der Waals surface area contributed by atoms with Gasteiger partial charge in [0.15, 0.2) is 11.5 Å². The van der Waals surface area contributed by atoms with E-state index in [1.54, 1.807) is 0 Å². The number of fused-ring (bicyclic) bond motifs is 1. The fraction of sp³-hybridized carbons (Fsp3) is 0.667. The summed E-state index contributed by atoms with van der Waals surface area (Å²) in [5.41, 5.74) is 1.43. The minimum atomic E-state index is -0.278. The molecule has 3 fully saturated rings. The fourth-order valence-electron chi connectivity index (χ4n) is 5.60. The van der Waals surface area contributed by atoms with E-state index in [0.29, 0.717) is 11.7 Å². The Labute approximate surface area is 149 Å². The van der Waals surface area contributed by atoms with Crippen molar-refractivity contribution in [3.05, 3.63) is 23.8 Å². The van der Waals surface area contributed by atoms with Gasteiger partial charge in [0.2, 0.25) is 0 Å². The summed E-state index contributed by atoms with van der Waals surface area (Å²) in [6.45, 7) is 5.12. The smallest absolute Gasteiger partial charge is 0.308 e. The summed E-state index contributed by atoms with van der Waals surface area (Å²) < 4.78 is 11.9. The van der Waals surface area contributed by atoms with Crippen molar-refractivity contribution >= 4 is 5.97 Å². The Kier molecular flexibility index (Phi) is 3.60. The molecule has 1 spiro atoms. The monoisotopic (exact) mass is 341 g/mol. The first kappa shape index (κ1) is 15.7. The van der Waals surface area contributed by atoms with Crippen LogP contribution in [-0.2, 0) is 10.2 Å². The summed E-state index contributed by atoms with van der Waals surface area (Å²) in [6, 6.07) is 6.11. The summed E-state index contributed by atoms with van der Waals surface area (Å²) in [5, 5.41) is 0. The molecule has 4 nitrogen and oxygen atoms in total. The molecule has 0 bridgehead atoms. The normalized spacial score (nSPS) is 33.8. The van der Waals surface area contributed by atoms with E-state index in [0.717, 1.165) is 18.1 Å². The lowest BCUT2D eigenvalue weighted by atomic mass is 9.58. The number of nitrogens with zero attached hydrogens (tertiary/aromatic N) is 1. The number of ether oxygens (including phenoxy) is 2. The maximum Gasteiger partial charge on any atom is 0.308 e. The van der Waals surface area contributed by atoms with Crippen LogP contribution in [0.5, 0.6) is 11.5 Å². The van der Waals surface area contributed by atoms with Crippen LogP contribution in [0, 0.1) is 11.8 Å². The first-order valence-electron chi connectivity index (χ1n) is 9.88. The van der Waals surface area contributed by atoms with Gasteiger partial charge in [-0.25, -0.2) is 0 Å². The Balaban J connectivity index is 1.49. The number of likely N-dealkylation sites (tertiary alicyclic amines) is 1. The van der Waals surface area contributed by atoms with Crippen LogP contribution >= 0.6 is 0 Å². The number of hydrogen-bond acceptors (Lipinski definition) is 4. The molecule has 4 aliphatic rings. The van der Waals surface area contributed by atoms with Crippen molar-refractivity contribution in [3.63, 3.8) is 0 Å². The molecule has 0 N–H and O–H groups in total. The molecule has 0 aromatic heterocycles. The third-order valence-corrected chi connectivity index (χ3v) is 6.85. The number of hydrogen-bond donors (Lipinski definition) is 0. The quantitative estimate of drug-likeness (QED) is 0.623. The molecule has 0 radical (unpaired) electrons. The topological polar surface area (TPSA) is 38.8 Å². The van der Waals surface area contributed by atoms with E-state index in [1.807, 2.05) is 12.1 Å². The minimum Gasteiger partial charge on any atom is -0.485 e. The van der Waals surface area contributed by atoms with Crippen LogP contribution in [0.4, 0.5) is 0 Å². The van der Waals surface area contributed by atoms with E-state index in [-0.39, 0.29) is 17.5 Å². The van der Waals surface area contributed by atoms with E-state index in [2.05, 4.69) is 11.0 Å². The number of carbonyl (C=O) groups is 1. The van der Waals surface area contributed by atoms with Crippen molar-refractivity contribution < 1.29 is 14.3 Å². The second-order valence-electron chi connectivity index (χ2n) is 8.45. The third-order valence-electron chi connectivity index (χ3n) is 6.85. The summed E-state index contributed by atoms with van der Waals surface area (Å²) in [7, 11) is 0. The first-order chi connectivity index (χ1) is 12.2. The molecule has 2 saturated carbocycles. The Morgan fingerprint density at radius 3 is 3.00 bits per heavy atom. The van der Waals surface area contributed by atoms with Crippen molar-refractivity contribution in [1.82, 2.24) is 4.90 Å². The molecule has 2 aliphatic carbocycles. The Morgan fingerprint density at radius 1 is 1.32 bits per heavy atom. The van der Waals surface area contributed by atoms with Gasteiger partial charge >= 0.3 is 5.97 Å². The number of piperidine rings is 1. The van der Waals surface area contributed by atoms with Gasteiger partial charge < -0.3 is 14.4 Å². The van der Waals surface area contributed by atoms with Crippen LogP contribution in [0.25, 0.3) is 0 Å². The molecule has 1 aromatic carbocycles. The highest BCUT2D eigenvalue weighted by Crippen LogP contribution is 2.59. The number of benzene rings is 1. The number of rotatable bonds is 3. The zero-order chi connectivity index (χ0) is 17.0. The fourth-order valence-corrected chi connectivity index (χ4v) is 5.60. The zero-order valence-corrected chi connectivity index (χ0v) is 15.0. The molecule has 1 saturated heterocycles. The van der Waals surface area contributed by atoms with Crippen LogP contribution in [0.2, 0.25) is 0 Å². The second kappa shape index (κ2) is 5.73. The molecular weight excluding hydrogens is 314 g/mol. The number of esters is 1. The summed E-state index contributed by atoms with van der Waals surface area (Å²) in [6.07, 6.45) is 7.92. The first-order valence-corrected chi connectivity index (χ1v) is 9.88. The van der Waals surface area contributed by atoms with E-state index >= 15 is 0 Å². The van der Waals surface area contributed by atoms with Crippen LogP contribution in [-0.4, -0.2) is 36.6 Å². The van der Waals surface area contributed by atoms with Crippen LogP contribution in [0.1, 0.15) is 51.0 Å². The van der Waals surface area contributed by atoms with Gasteiger partial charge in [0.05, 0.1) is 0 Å². The molecule has 2 aliphatic heterocycles. The molecule has 3 unspecified atom stereocenters. The van der Waals surface area contributed by atoms with Gasteiger partial charge in [-0.1, -0.05) is 12.1 Å². The number of para-hydroxylation sites is 1. The highest BCUT2D eigenvalue weighted by atomic mass is 16.6. The lowest BCUT2D eigenvalue weighted by Crippen LogP contribution is -2.56. The average Bonchev–Trinajstić information content (AvgIpc) is 3.33. The van der Waals surface area contributed by atoms with E-state index < -0.39 is 0 Å². The van der Waals surface area contributed by atoms with Gasteiger partial charge in [0.1, 0.15) is 6.10 Å². The molecule has 2 heterocycles. The molecular formula is C21H27NO3. The average molecular weight is 341 g/mol. The van der Waals surface area contributed by atoms with E-state index in [4.69, 9.17) is 9.47 Å². The van der Waals surface area contributed by atoms with Crippen LogP contribution in [0.3, 0.4) is 0 Å². The summed E-state index contributed by atoms with van der Waals surface area (Å²) in [4.78, 5) is 14.2. The third kappa shape index (κ3) is 2.49. The van der Waals surface area contributed by atoms with Crippen molar-refractivity contribution in [2.24, 2.45) is 11.8 Å². The maximum atomic E-state index is 11.5. The van der Waals surface area contributed by atoms with Gasteiger partial charge in [-0.2, -0.15) is 0 Å². The van der Waals surface area contributed by atoms with Crippen molar-refractivity contribution in [2.45, 2.75) is 57.0 Å². The van der Waals surface area contributed by atoms with E-state index in [1.165, 1.54) is 64.2 Å². The van der Waals surface area contributed by atoms with Crippen LogP contribution < -0.4 is 9.47 Å². The van der Waals surface area contributed by atoms with E-state index in [9.17, 15) is 4.79 Å². The van der Waals surface area contributed by atoms with Gasteiger partial charge in [0, 0.05) is 31.0 Å². The van der Waals surface area contributed by atoms with Crippen molar-refractivity contribution in [3.8, 4) is 11.5 Å². The number of carbonyl (C=O) groups excluding carboxylic acids is 1. The zero-order valence-electron chi connectivity index (χ0n) is 15.0.